The van der Waals surface area contributed by atoms with Crippen molar-refractivity contribution in [1.82, 2.24) is 0 Å². The van der Waals surface area contributed by atoms with Gasteiger partial charge in [0.05, 0.1) is 12.2 Å². The number of carbonyl (C=O) groups is 1. The summed E-state index contributed by atoms with van der Waals surface area (Å²) in [6, 6.07) is 8.70. The van der Waals surface area contributed by atoms with Crippen LogP contribution in [0.5, 0.6) is 5.75 Å². The number of ether oxygens (including phenoxy) is 1. The Labute approximate surface area is 93.4 Å². The number of hydrogen-bond donors (Lipinski definition) is 1. The standard InChI is InChI=1S/C12H11NO3/c1-2-16-11-6-4-3-5-10(11)9(8-13)7-12(14)15/h3-7H,2H2,1H3,(H,14,15). The Kier molecular flexibility index (Phi) is 4.10. The minimum Gasteiger partial charge on any atom is -0.493 e. The number of carboxylic acids is 1. The number of aliphatic carboxylic acids is 1. The third-order valence-corrected chi connectivity index (χ3v) is 1.87. The van der Waals surface area contributed by atoms with E-state index in [1.165, 1.54) is 0 Å². The molecule has 82 valence electrons. The lowest BCUT2D eigenvalue weighted by Gasteiger charge is -2.08. The lowest BCUT2D eigenvalue weighted by atomic mass is 10.1. The maximum atomic E-state index is 10.5. The van der Waals surface area contributed by atoms with Gasteiger partial charge in [0, 0.05) is 11.6 Å². The maximum Gasteiger partial charge on any atom is 0.329 e. The summed E-state index contributed by atoms with van der Waals surface area (Å²) in [7, 11) is 0. The molecule has 1 N–H and O–H groups in total. The minimum atomic E-state index is -1.15. The summed E-state index contributed by atoms with van der Waals surface area (Å²) in [6.45, 7) is 2.28. The molecule has 1 aromatic rings. The molecule has 0 unspecified atom stereocenters. The van der Waals surface area contributed by atoms with Gasteiger partial charge >= 0.3 is 5.97 Å². The van der Waals surface area contributed by atoms with Crippen LogP contribution in [0.2, 0.25) is 0 Å². The molecule has 0 spiro atoms. The van der Waals surface area contributed by atoms with E-state index in [9.17, 15) is 4.79 Å². The second-order valence-electron chi connectivity index (χ2n) is 2.94. The molecule has 0 bridgehead atoms. The second-order valence-corrected chi connectivity index (χ2v) is 2.94. The molecule has 0 aliphatic carbocycles. The molecule has 1 aromatic carbocycles. The molecule has 16 heavy (non-hydrogen) atoms. The second kappa shape index (κ2) is 5.56. The van der Waals surface area contributed by atoms with Crippen LogP contribution in [0.3, 0.4) is 0 Å². The highest BCUT2D eigenvalue weighted by atomic mass is 16.5. The fourth-order valence-corrected chi connectivity index (χ4v) is 1.26. The Morgan fingerprint density at radius 1 is 1.56 bits per heavy atom. The Bertz CT molecular complexity index is 458. The van der Waals surface area contributed by atoms with Crippen LogP contribution >= 0.6 is 0 Å². The largest absolute Gasteiger partial charge is 0.493 e. The predicted molar refractivity (Wildman–Crippen MR) is 58.8 cm³/mol. The molecule has 0 aliphatic heterocycles. The summed E-state index contributed by atoms with van der Waals surface area (Å²) >= 11 is 0. The molecule has 0 fully saturated rings. The zero-order valence-electron chi connectivity index (χ0n) is 8.80. The summed E-state index contributed by atoms with van der Waals surface area (Å²) in [5.41, 5.74) is 0.575. The first-order chi connectivity index (χ1) is 7.69. The molecular weight excluding hydrogens is 206 g/mol. The Hall–Kier alpha value is -2.28. The number of benzene rings is 1. The summed E-state index contributed by atoms with van der Waals surface area (Å²) in [5.74, 6) is -0.637. The number of allylic oxidation sites excluding steroid dienone is 1. The van der Waals surface area contributed by atoms with Gasteiger partial charge in [0.15, 0.2) is 0 Å². The van der Waals surface area contributed by atoms with Crippen LogP contribution < -0.4 is 4.74 Å². The third kappa shape index (κ3) is 2.85. The number of rotatable bonds is 4. The predicted octanol–water partition coefficient (Wildman–Crippen LogP) is 2.08. The number of nitrogens with zero attached hydrogens (tertiary/aromatic N) is 1. The van der Waals surface area contributed by atoms with Crippen LogP contribution in [-0.4, -0.2) is 17.7 Å². The Balaban J connectivity index is 3.20. The van der Waals surface area contributed by atoms with Gasteiger partial charge in [-0.1, -0.05) is 12.1 Å². The van der Waals surface area contributed by atoms with Gasteiger partial charge in [0.2, 0.25) is 0 Å². The normalized spacial score (nSPS) is 10.6. The van der Waals surface area contributed by atoms with Gasteiger partial charge in [-0.3, -0.25) is 0 Å². The Morgan fingerprint density at radius 3 is 2.81 bits per heavy atom. The smallest absolute Gasteiger partial charge is 0.329 e. The van der Waals surface area contributed by atoms with Crippen molar-refractivity contribution in [3.63, 3.8) is 0 Å². The molecule has 0 saturated carbocycles. The van der Waals surface area contributed by atoms with Gasteiger partial charge in [0.1, 0.15) is 11.8 Å². The van der Waals surface area contributed by atoms with Gasteiger partial charge < -0.3 is 9.84 Å². The average Bonchev–Trinajstić information content (AvgIpc) is 2.27. The number of nitriles is 1. The van der Waals surface area contributed by atoms with E-state index in [-0.39, 0.29) is 5.57 Å². The van der Waals surface area contributed by atoms with Crippen LogP contribution in [0.4, 0.5) is 0 Å². The van der Waals surface area contributed by atoms with E-state index in [0.717, 1.165) is 6.08 Å². The molecule has 0 heterocycles. The van der Waals surface area contributed by atoms with Crippen LogP contribution in [0.25, 0.3) is 5.57 Å². The van der Waals surface area contributed by atoms with Crippen LogP contribution in [0, 0.1) is 11.3 Å². The molecule has 0 atom stereocenters. The van der Waals surface area contributed by atoms with E-state index < -0.39 is 5.97 Å². The maximum absolute atomic E-state index is 10.5. The Morgan fingerprint density at radius 2 is 2.25 bits per heavy atom. The fourth-order valence-electron chi connectivity index (χ4n) is 1.26. The van der Waals surface area contributed by atoms with Crippen molar-refractivity contribution in [2.24, 2.45) is 0 Å². The number of para-hydroxylation sites is 1. The van der Waals surface area contributed by atoms with Gasteiger partial charge in [-0.25, -0.2) is 4.79 Å². The summed E-state index contributed by atoms with van der Waals surface area (Å²) in [4.78, 5) is 10.5. The van der Waals surface area contributed by atoms with Gasteiger partial charge in [-0.15, -0.1) is 0 Å². The SMILES string of the molecule is CCOc1ccccc1C(C#N)=CC(=O)O. The van der Waals surface area contributed by atoms with Crippen LogP contribution in [-0.2, 0) is 4.79 Å². The van der Waals surface area contributed by atoms with E-state index in [0.29, 0.717) is 17.9 Å². The van der Waals surface area contributed by atoms with E-state index in [1.807, 2.05) is 13.0 Å². The van der Waals surface area contributed by atoms with E-state index in [2.05, 4.69) is 0 Å². The lowest BCUT2D eigenvalue weighted by Crippen LogP contribution is -1.97. The van der Waals surface area contributed by atoms with Gasteiger partial charge in [-0.05, 0) is 19.1 Å². The topological polar surface area (TPSA) is 70.3 Å². The average molecular weight is 217 g/mol. The minimum absolute atomic E-state index is 0.0801. The lowest BCUT2D eigenvalue weighted by molar-refractivity contribution is -0.131. The van der Waals surface area contributed by atoms with Crippen LogP contribution in [0.1, 0.15) is 12.5 Å². The first kappa shape index (κ1) is 11.8. The van der Waals surface area contributed by atoms with E-state index in [4.69, 9.17) is 15.1 Å². The molecule has 0 saturated heterocycles. The first-order valence-electron chi connectivity index (χ1n) is 4.76. The molecule has 0 amide bonds. The van der Waals surface area contributed by atoms with Crippen LogP contribution in [0.15, 0.2) is 30.3 Å². The number of hydrogen-bond acceptors (Lipinski definition) is 3. The van der Waals surface area contributed by atoms with Crippen molar-refractivity contribution in [2.75, 3.05) is 6.61 Å². The van der Waals surface area contributed by atoms with Crippen molar-refractivity contribution in [3.8, 4) is 11.8 Å². The number of carboxylic acid groups (broad SMARTS) is 1. The monoisotopic (exact) mass is 217 g/mol. The third-order valence-electron chi connectivity index (χ3n) is 1.87. The van der Waals surface area contributed by atoms with E-state index in [1.54, 1.807) is 24.3 Å². The highest BCUT2D eigenvalue weighted by molar-refractivity contribution is 5.95. The van der Waals surface area contributed by atoms with Crippen molar-refractivity contribution in [1.29, 1.82) is 5.26 Å². The quantitative estimate of drug-likeness (QED) is 0.619. The summed E-state index contributed by atoms with van der Waals surface area (Å²) in [6.07, 6.45) is 0.873. The summed E-state index contributed by atoms with van der Waals surface area (Å²) in [5, 5.41) is 17.5. The van der Waals surface area contributed by atoms with Crippen molar-refractivity contribution in [2.45, 2.75) is 6.92 Å². The summed E-state index contributed by atoms with van der Waals surface area (Å²) < 4.78 is 5.32. The van der Waals surface area contributed by atoms with Gasteiger partial charge in [0.25, 0.3) is 0 Å². The fraction of sp³-hybridized carbons (Fsp3) is 0.167. The van der Waals surface area contributed by atoms with Crippen molar-refractivity contribution >= 4 is 11.5 Å². The van der Waals surface area contributed by atoms with E-state index >= 15 is 0 Å². The van der Waals surface area contributed by atoms with Gasteiger partial charge in [-0.2, -0.15) is 5.26 Å². The molecule has 0 aliphatic rings. The first-order valence-corrected chi connectivity index (χ1v) is 4.76. The van der Waals surface area contributed by atoms with Crippen molar-refractivity contribution < 1.29 is 14.6 Å². The molecule has 0 radical (unpaired) electrons. The molecular formula is C12H11NO3. The molecule has 1 rings (SSSR count). The zero-order chi connectivity index (χ0) is 12.0. The van der Waals surface area contributed by atoms with Crippen molar-refractivity contribution in [3.05, 3.63) is 35.9 Å². The molecule has 0 aromatic heterocycles. The molecule has 4 heteroatoms. The highest BCUT2D eigenvalue weighted by Crippen LogP contribution is 2.25. The molecule has 4 nitrogen and oxygen atoms in total. The highest BCUT2D eigenvalue weighted by Gasteiger charge is 2.09. The zero-order valence-corrected chi connectivity index (χ0v) is 8.80.